The first-order valence-electron chi connectivity index (χ1n) is 11.2. The van der Waals surface area contributed by atoms with Crippen LogP contribution in [0.1, 0.15) is 30.4 Å². The lowest BCUT2D eigenvalue weighted by atomic mass is 9.98. The van der Waals surface area contributed by atoms with E-state index in [2.05, 4.69) is 22.8 Å². The molecule has 1 saturated heterocycles. The minimum atomic E-state index is -1.24. The lowest BCUT2D eigenvalue weighted by molar-refractivity contribution is -0.147. The number of carboxylic acids is 1. The van der Waals surface area contributed by atoms with E-state index in [0.717, 1.165) is 22.3 Å². The smallest absolute Gasteiger partial charge is 0.407 e. The Morgan fingerprint density at radius 3 is 2.29 bits per heavy atom. The SMILES string of the molecule is CO[C@H](C)[C@H](NC(=O)[C@@H]1OCC[C@@H]1NC(=O)OCC1c2ccccc2-c2ccccc21)C(=O)O. The molecule has 0 spiro atoms. The minimum Gasteiger partial charge on any atom is -0.480 e. The Balaban J connectivity index is 1.37. The van der Waals surface area contributed by atoms with Gasteiger partial charge in [0.1, 0.15) is 6.61 Å². The lowest BCUT2D eigenvalue weighted by Crippen LogP contribution is -2.55. The van der Waals surface area contributed by atoms with Crippen LogP contribution in [0.4, 0.5) is 4.79 Å². The zero-order valence-electron chi connectivity index (χ0n) is 19.0. The van der Waals surface area contributed by atoms with E-state index in [9.17, 15) is 19.5 Å². The summed E-state index contributed by atoms with van der Waals surface area (Å²) in [7, 11) is 1.36. The topological polar surface area (TPSA) is 123 Å². The second-order valence-electron chi connectivity index (χ2n) is 8.42. The van der Waals surface area contributed by atoms with Crippen LogP contribution in [0, 0.1) is 0 Å². The predicted molar refractivity (Wildman–Crippen MR) is 122 cm³/mol. The van der Waals surface area contributed by atoms with Crippen molar-refractivity contribution < 1.29 is 33.7 Å². The number of amides is 2. The van der Waals surface area contributed by atoms with Crippen molar-refractivity contribution in [1.29, 1.82) is 0 Å². The first-order valence-corrected chi connectivity index (χ1v) is 11.2. The van der Waals surface area contributed by atoms with E-state index in [4.69, 9.17) is 14.2 Å². The largest absolute Gasteiger partial charge is 0.480 e. The van der Waals surface area contributed by atoms with Crippen LogP contribution in [0.2, 0.25) is 0 Å². The number of fused-ring (bicyclic) bond motifs is 3. The first-order chi connectivity index (χ1) is 16.4. The summed E-state index contributed by atoms with van der Waals surface area (Å²) >= 11 is 0. The second kappa shape index (κ2) is 10.2. The second-order valence-corrected chi connectivity index (χ2v) is 8.42. The molecule has 9 nitrogen and oxygen atoms in total. The fraction of sp³-hybridized carbons (Fsp3) is 0.400. The number of aliphatic carboxylic acids is 1. The molecule has 1 aliphatic heterocycles. The van der Waals surface area contributed by atoms with Gasteiger partial charge >= 0.3 is 12.1 Å². The monoisotopic (exact) mass is 468 g/mol. The van der Waals surface area contributed by atoms with Gasteiger partial charge in [-0.1, -0.05) is 48.5 Å². The molecule has 2 aromatic carbocycles. The number of hydrogen-bond donors (Lipinski definition) is 3. The summed E-state index contributed by atoms with van der Waals surface area (Å²) in [6, 6.07) is 14.2. The summed E-state index contributed by atoms with van der Waals surface area (Å²) in [6.45, 7) is 1.95. The van der Waals surface area contributed by atoms with E-state index >= 15 is 0 Å². The van der Waals surface area contributed by atoms with Gasteiger partial charge in [-0.2, -0.15) is 0 Å². The molecule has 180 valence electrons. The molecule has 0 radical (unpaired) electrons. The summed E-state index contributed by atoms with van der Waals surface area (Å²) in [4.78, 5) is 36.7. The summed E-state index contributed by atoms with van der Waals surface area (Å²) < 4.78 is 16.1. The number of benzene rings is 2. The van der Waals surface area contributed by atoms with Gasteiger partial charge < -0.3 is 30.0 Å². The van der Waals surface area contributed by atoms with E-state index in [1.54, 1.807) is 6.92 Å². The van der Waals surface area contributed by atoms with Crippen molar-refractivity contribution in [3.63, 3.8) is 0 Å². The number of nitrogens with one attached hydrogen (secondary N) is 2. The van der Waals surface area contributed by atoms with Crippen molar-refractivity contribution >= 4 is 18.0 Å². The molecule has 2 aromatic rings. The molecule has 2 amide bonds. The van der Waals surface area contributed by atoms with Gasteiger partial charge in [-0.15, -0.1) is 0 Å². The predicted octanol–water partition coefficient (Wildman–Crippen LogP) is 2.29. The van der Waals surface area contributed by atoms with Gasteiger partial charge in [0.2, 0.25) is 0 Å². The van der Waals surface area contributed by atoms with Crippen LogP contribution in [0.5, 0.6) is 0 Å². The lowest BCUT2D eigenvalue weighted by Gasteiger charge is -2.24. The van der Waals surface area contributed by atoms with Gasteiger partial charge in [0, 0.05) is 19.6 Å². The van der Waals surface area contributed by atoms with Gasteiger partial charge in [-0.3, -0.25) is 4.79 Å². The maximum Gasteiger partial charge on any atom is 0.407 e. The molecule has 0 unspecified atom stereocenters. The third kappa shape index (κ3) is 4.76. The van der Waals surface area contributed by atoms with Gasteiger partial charge in [0.15, 0.2) is 12.1 Å². The molecule has 4 atom stereocenters. The molecule has 1 heterocycles. The molecule has 0 saturated carbocycles. The summed E-state index contributed by atoms with van der Waals surface area (Å²) in [6.07, 6.45) is -2.02. The highest BCUT2D eigenvalue weighted by atomic mass is 16.6. The van der Waals surface area contributed by atoms with Gasteiger partial charge in [-0.25, -0.2) is 9.59 Å². The molecule has 3 N–H and O–H groups in total. The van der Waals surface area contributed by atoms with Crippen LogP contribution in [-0.4, -0.2) is 67.7 Å². The Labute approximate surface area is 197 Å². The average Bonchev–Trinajstić information content (AvgIpc) is 3.43. The van der Waals surface area contributed by atoms with Crippen LogP contribution >= 0.6 is 0 Å². The van der Waals surface area contributed by atoms with Gasteiger partial charge in [-0.05, 0) is 35.6 Å². The number of carboxylic acid groups (broad SMARTS) is 1. The molecule has 4 rings (SSSR count). The normalized spacial score (nSPS) is 20.6. The van der Waals surface area contributed by atoms with E-state index < -0.39 is 42.3 Å². The van der Waals surface area contributed by atoms with Crippen LogP contribution in [0.3, 0.4) is 0 Å². The van der Waals surface area contributed by atoms with E-state index in [-0.39, 0.29) is 19.1 Å². The van der Waals surface area contributed by atoms with Crippen LogP contribution in [0.15, 0.2) is 48.5 Å². The van der Waals surface area contributed by atoms with Crippen LogP contribution in [-0.2, 0) is 23.8 Å². The molecule has 9 heteroatoms. The number of rotatable bonds is 8. The third-order valence-corrected chi connectivity index (χ3v) is 6.40. The molecule has 34 heavy (non-hydrogen) atoms. The van der Waals surface area contributed by atoms with Crippen LogP contribution < -0.4 is 10.6 Å². The number of methoxy groups -OCH3 is 1. The standard InChI is InChI=1S/C25H28N2O7/c1-14(32-2)21(24(29)30)27-23(28)22-20(11-12-33-22)26-25(31)34-13-19-17-9-5-3-7-15(17)16-8-4-6-10-18(16)19/h3-10,14,19-22H,11-13H2,1-2H3,(H,26,31)(H,27,28)(H,29,30)/t14-,20+,21+,22-/m1/s1. The highest BCUT2D eigenvalue weighted by Crippen LogP contribution is 2.44. The number of carbonyl (C=O) groups is 3. The quantitative estimate of drug-likeness (QED) is 0.543. The minimum absolute atomic E-state index is 0.0797. The number of carbonyl (C=O) groups excluding carboxylic acids is 2. The average molecular weight is 469 g/mol. The summed E-state index contributed by atoms with van der Waals surface area (Å²) in [5, 5.41) is 14.5. The Bertz CT molecular complexity index is 1030. The van der Waals surface area contributed by atoms with Crippen molar-refractivity contribution in [1.82, 2.24) is 10.6 Å². The zero-order chi connectivity index (χ0) is 24.2. The van der Waals surface area contributed by atoms with E-state index in [1.807, 2.05) is 36.4 Å². The first kappa shape index (κ1) is 23.7. The van der Waals surface area contributed by atoms with E-state index in [0.29, 0.717) is 6.42 Å². The van der Waals surface area contributed by atoms with Gasteiger partial charge in [0.05, 0.1) is 12.1 Å². The fourth-order valence-electron chi connectivity index (χ4n) is 4.54. The Morgan fingerprint density at radius 1 is 1.09 bits per heavy atom. The van der Waals surface area contributed by atoms with Crippen molar-refractivity contribution in [2.24, 2.45) is 0 Å². The molecular weight excluding hydrogens is 440 g/mol. The maximum atomic E-state index is 12.7. The highest BCUT2D eigenvalue weighted by Gasteiger charge is 2.39. The molecule has 1 fully saturated rings. The maximum absolute atomic E-state index is 12.7. The Kier molecular flexibility index (Phi) is 7.14. The van der Waals surface area contributed by atoms with Gasteiger partial charge in [0.25, 0.3) is 5.91 Å². The van der Waals surface area contributed by atoms with Crippen molar-refractivity contribution in [3.05, 3.63) is 59.7 Å². The van der Waals surface area contributed by atoms with E-state index in [1.165, 1.54) is 7.11 Å². The van der Waals surface area contributed by atoms with Crippen molar-refractivity contribution in [2.75, 3.05) is 20.3 Å². The van der Waals surface area contributed by atoms with Crippen molar-refractivity contribution in [3.8, 4) is 11.1 Å². The molecule has 0 bridgehead atoms. The molecule has 1 aliphatic carbocycles. The fourth-order valence-corrected chi connectivity index (χ4v) is 4.54. The molecular formula is C25H28N2O7. The third-order valence-electron chi connectivity index (χ3n) is 6.40. The highest BCUT2D eigenvalue weighted by molar-refractivity contribution is 5.88. The Hall–Kier alpha value is -3.43. The van der Waals surface area contributed by atoms with Crippen LogP contribution in [0.25, 0.3) is 11.1 Å². The molecule has 0 aromatic heterocycles. The zero-order valence-corrected chi connectivity index (χ0v) is 19.0. The summed E-state index contributed by atoms with van der Waals surface area (Å²) in [5.41, 5.74) is 4.47. The summed E-state index contributed by atoms with van der Waals surface area (Å²) in [5.74, 6) is -1.93. The number of alkyl carbamates (subject to hydrolysis) is 1. The number of hydrogen-bond acceptors (Lipinski definition) is 6. The van der Waals surface area contributed by atoms with Crippen molar-refractivity contribution in [2.45, 2.75) is 43.6 Å². The molecule has 2 aliphatic rings. The number of ether oxygens (including phenoxy) is 3. The Morgan fingerprint density at radius 2 is 1.71 bits per heavy atom.